The Bertz CT molecular complexity index is 655. The molecule has 3 nitrogen and oxygen atoms in total. The predicted octanol–water partition coefficient (Wildman–Crippen LogP) is 4.97. The van der Waals surface area contributed by atoms with Crippen molar-refractivity contribution in [2.45, 2.75) is 19.6 Å². The van der Waals surface area contributed by atoms with Crippen LogP contribution in [0.2, 0.25) is 10.0 Å². The van der Waals surface area contributed by atoms with E-state index in [9.17, 15) is 0 Å². The van der Waals surface area contributed by atoms with E-state index in [-0.39, 0.29) is 6.10 Å². The maximum absolute atomic E-state index is 6.16. The summed E-state index contributed by atoms with van der Waals surface area (Å²) in [5.41, 5.74) is 1.98. The van der Waals surface area contributed by atoms with E-state index in [1.54, 1.807) is 0 Å². The minimum absolute atomic E-state index is 0.130. The van der Waals surface area contributed by atoms with Crippen molar-refractivity contribution >= 4 is 23.2 Å². The average Bonchev–Trinajstić information content (AvgIpc) is 2.62. The van der Waals surface area contributed by atoms with Crippen LogP contribution in [0.15, 0.2) is 42.5 Å². The van der Waals surface area contributed by atoms with Crippen molar-refractivity contribution in [1.29, 1.82) is 0 Å². The van der Waals surface area contributed by atoms with Gasteiger partial charge in [0.25, 0.3) is 0 Å². The highest BCUT2D eigenvalue weighted by Crippen LogP contribution is 2.27. The zero-order valence-corrected chi connectivity index (χ0v) is 15.2. The van der Waals surface area contributed by atoms with E-state index in [2.05, 4.69) is 24.0 Å². The van der Waals surface area contributed by atoms with Crippen LogP contribution in [0.5, 0.6) is 5.75 Å². The molecule has 24 heavy (non-hydrogen) atoms. The zero-order valence-electron chi connectivity index (χ0n) is 13.7. The monoisotopic (exact) mass is 365 g/mol. The average molecular weight is 366 g/mol. The number of rotatable bonds is 5. The molecule has 1 saturated heterocycles. The second kappa shape index (κ2) is 8.21. The fraction of sp³-hybridized carbons (Fsp3) is 0.368. The molecule has 1 aliphatic heterocycles. The minimum atomic E-state index is 0.130. The van der Waals surface area contributed by atoms with Crippen LogP contribution in [-0.2, 0) is 11.3 Å². The highest BCUT2D eigenvalue weighted by atomic mass is 35.5. The van der Waals surface area contributed by atoms with Crippen LogP contribution in [0.1, 0.15) is 24.2 Å². The molecular weight excluding hydrogens is 345 g/mol. The number of nitrogens with zero attached hydrogens (tertiary/aromatic N) is 1. The van der Waals surface area contributed by atoms with Crippen molar-refractivity contribution in [3.05, 3.63) is 63.6 Å². The van der Waals surface area contributed by atoms with Gasteiger partial charge < -0.3 is 9.47 Å². The topological polar surface area (TPSA) is 21.7 Å². The lowest BCUT2D eigenvalue weighted by atomic mass is 10.1. The van der Waals surface area contributed by atoms with Crippen LogP contribution in [0, 0.1) is 0 Å². The van der Waals surface area contributed by atoms with Gasteiger partial charge in [0.05, 0.1) is 12.7 Å². The number of hydrogen-bond donors (Lipinski definition) is 0. The molecule has 3 rings (SSSR count). The molecule has 0 saturated carbocycles. The summed E-state index contributed by atoms with van der Waals surface area (Å²) >= 11 is 12.3. The molecule has 1 fully saturated rings. The third-order valence-electron chi connectivity index (χ3n) is 4.29. The normalized spacial score (nSPS) is 18.5. The van der Waals surface area contributed by atoms with E-state index in [1.165, 1.54) is 5.56 Å². The fourth-order valence-corrected chi connectivity index (χ4v) is 3.30. The second-order valence-corrected chi connectivity index (χ2v) is 6.62. The van der Waals surface area contributed by atoms with Gasteiger partial charge in [-0.3, -0.25) is 4.90 Å². The minimum Gasteiger partial charge on any atom is -0.489 e. The van der Waals surface area contributed by atoms with Crippen molar-refractivity contribution in [2.75, 3.05) is 26.2 Å². The molecule has 0 N–H and O–H groups in total. The van der Waals surface area contributed by atoms with Crippen LogP contribution in [0.25, 0.3) is 0 Å². The van der Waals surface area contributed by atoms with E-state index in [0.717, 1.165) is 37.6 Å². The molecule has 0 amide bonds. The number of halogens is 2. The van der Waals surface area contributed by atoms with E-state index in [1.807, 2.05) is 30.3 Å². The first-order chi connectivity index (χ1) is 11.7. The van der Waals surface area contributed by atoms with Gasteiger partial charge in [-0.2, -0.15) is 0 Å². The van der Waals surface area contributed by atoms with E-state index in [4.69, 9.17) is 32.7 Å². The molecule has 0 aliphatic carbocycles. The number of hydrogen-bond acceptors (Lipinski definition) is 3. The van der Waals surface area contributed by atoms with Gasteiger partial charge >= 0.3 is 0 Å². The van der Waals surface area contributed by atoms with Crippen LogP contribution in [-0.4, -0.2) is 31.1 Å². The summed E-state index contributed by atoms with van der Waals surface area (Å²) in [5.74, 6) is 0.790. The van der Waals surface area contributed by atoms with E-state index >= 15 is 0 Å². The Morgan fingerprint density at radius 3 is 2.50 bits per heavy atom. The van der Waals surface area contributed by atoms with Gasteiger partial charge in [-0.25, -0.2) is 0 Å². The van der Waals surface area contributed by atoms with Gasteiger partial charge in [0.2, 0.25) is 0 Å². The zero-order chi connectivity index (χ0) is 16.9. The van der Waals surface area contributed by atoms with Crippen molar-refractivity contribution < 1.29 is 9.47 Å². The maximum atomic E-state index is 6.16. The quantitative estimate of drug-likeness (QED) is 0.746. The van der Waals surface area contributed by atoms with Crippen LogP contribution >= 0.6 is 23.2 Å². The fourth-order valence-electron chi connectivity index (χ4n) is 2.80. The van der Waals surface area contributed by atoms with Crippen molar-refractivity contribution in [3.63, 3.8) is 0 Å². The molecule has 1 aliphatic rings. The Kier molecular flexibility index (Phi) is 6.01. The van der Waals surface area contributed by atoms with Gasteiger partial charge in [-0.05, 0) is 36.4 Å². The molecule has 0 radical (unpaired) electrons. The summed E-state index contributed by atoms with van der Waals surface area (Å²) in [6.45, 7) is 6.31. The largest absolute Gasteiger partial charge is 0.489 e. The van der Waals surface area contributed by atoms with Crippen molar-refractivity contribution in [1.82, 2.24) is 4.90 Å². The van der Waals surface area contributed by atoms with Gasteiger partial charge in [0.1, 0.15) is 12.4 Å². The molecule has 1 unspecified atom stereocenters. The van der Waals surface area contributed by atoms with Gasteiger partial charge in [-0.1, -0.05) is 48.3 Å². The molecular formula is C19H21Cl2NO2. The first-order valence-corrected chi connectivity index (χ1v) is 8.92. The molecule has 0 aromatic heterocycles. The summed E-state index contributed by atoms with van der Waals surface area (Å²) in [4.78, 5) is 2.40. The molecule has 0 spiro atoms. The first-order valence-electron chi connectivity index (χ1n) is 8.17. The van der Waals surface area contributed by atoms with Crippen LogP contribution in [0.4, 0.5) is 0 Å². The number of likely N-dealkylation sites (N-methyl/N-ethyl adjacent to an activating group) is 1. The summed E-state index contributed by atoms with van der Waals surface area (Å²) in [6.07, 6.45) is 0.130. The summed E-state index contributed by atoms with van der Waals surface area (Å²) < 4.78 is 11.7. The molecule has 0 bridgehead atoms. The highest BCUT2D eigenvalue weighted by Gasteiger charge is 2.20. The maximum Gasteiger partial charge on any atom is 0.119 e. The Balaban J connectivity index is 1.62. The lowest BCUT2D eigenvalue weighted by Crippen LogP contribution is -2.37. The summed E-state index contributed by atoms with van der Waals surface area (Å²) in [6, 6.07) is 13.5. The Morgan fingerprint density at radius 1 is 1.12 bits per heavy atom. The van der Waals surface area contributed by atoms with E-state index in [0.29, 0.717) is 16.7 Å². The molecule has 128 valence electrons. The highest BCUT2D eigenvalue weighted by molar-refractivity contribution is 6.35. The molecule has 1 atom stereocenters. The number of benzene rings is 2. The SMILES string of the molecule is CCN1CCOC(c2ccc(OCc3c(Cl)cccc3Cl)cc2)C1. The summed E-state index contributed by atoms with van der Waals surface area (Å²) in [5, 5.41) is 1.24. The number of ether oxygens (including phenoxy) is 2. The Labute approximate surface area is 153 Å². The Hall–Kier alpha value is -1.26. The Morgan fingerprint density at radius 2 is 1.83 bits per heavy atom. The lowest BCUT2D eigenvalue weighted by Gasteiger charge is -2.32. The molecule has 2 aromatic carbocycles. The lowest BCUT2D eigenvalue weighted by molar-refractivity contribution is -0.0281. The third-order valence-corrected chi connectivity index (χ3v) is 5.00. The van der Waals surface area contributed by atoms with Crippen molar-refractivity contribution in [3.8, 4) is 5.75 Å². The van der Waals surface area contributed by atoms with Crippen LogP contribution < -0.4 is 4.74 Å². The van der Waals surface area contributed by atoms with Crippen molar-refractivity contribution in [2.24, 2.45) is 0 Å². The summed E-state index contributed by atoms with van der Waals surface area (Å²) in [7, 11) is 0. The third kappa shape index (κ3) is 4.22. The molecule has 5 heteroatoms. The standard InChI is InChI=1S/C19H21Cl2NO2/c1-2-22-10-11-23-19(12-22)14-6-8-15(9-7-14)24-13-16-17(20)4-3-5-18(16)21/h3-9,19H,2,10-13H2,1H3. The predicted molar refractivity (Wildman–Crippen MR) is 98.0 cm³/mol. The van der Waals surface area contributed by atoms with Crippen LogP contribution in [0.3, 0.4) is 0 Å². The molecule has 2 aromatic rings. The molecule has 1 heterocycles. The first kappa shape index (κ1) is 17.6. The van der Waals surface area contributed by atoms with E-state index < -0.39 is 0 Å². The number of morpholine rings is 1. The van der Waals surface area contributed by atoms with Gasteiger partial charge in [0, 0.05) is 28.7 Å². The van der Waals surface area contributed by atoms with Gasteiger partial charge in [-0.15, -0.1) is 0 Å². The van der Waals surface area contributed by atoms with Gasteiger partial charge in [0.15, 0.2) is 0 Å². The second-order valence-electron chi connectivity index (χ2n) is 5.81. The smallest absolute Gasteiger partial charge is 0.119 e.